The van der Waals surface area contributed by atoms with E-state index in [4.69, 9.17) is 0 Å². The summed E-state index contributed by atoms with van der Waals surface area (Å²) < 4.78 is 0. The summed E-state index contributed by atoms with van der Waals surface area (Å²) >= 11 is 0. The van der Waals surface area contributed by atoms with Crippen molar-refractivity contribution in [3.63, 3.8) is 0 Å². The molecule has 1 fully saturated rings. The fourth-order valence-electron chi connectivity index (χ4n) is 2.91. The van der Waals surface area contributed by atoms with E-state index >= 15 is 0 Å². The molecule has 0 amide bonds. The highest BCUT2D eigenvalue weighted by atomic mass is 16.6. The Balaban J connectivity index is 1.81. The van der Waals surface area contributed by atoms with E-state index in [1.54, 1.807) is 19.1 Å². The maximum atomic E-state index is 10.8. The molecule has 1 aromatic rings. The minimum atomic E-state index is -0.335. The van der Waals surface area contributed by atoms with Gasteiger partial charge >= 0.3 is 0 Å². The van der Waals surface area contributed by atoms with E-state index in [9.17, 15) is 10.1 Å². The number of likely N-dealkylation sites (tertiary alicyclic amines) is 1. The predicted octanol–water partition coefficient (Wildman–Crippen LogP) is 3.44. The van der Waals surface area contributed by atoms with Crippen molar-refractivity contribution in [2.24, 2.45) is 5.92 Å². The minimum Gasteiger partial charge on any atom is -0.385 e. The van der Waals surface area contributed by atoms with Crippen molar-refractivity contribution < 1.29 is 4.92 Å². The standard InChI is InChI=1S/C16H25N3O2/c1-13(12-18-8-4-3-5-9-18)11-17-15-6-7-16(19(20)21)14(2)10-15/h6-7,10,13,17H,3-5,8-9,11-12H2,1-2H3. The van der Waals surface area contributed by atoms with E-state index in [0.717, 1.165) is 18.8 Å². The summed E-state index contributed by atoms with van der Waals surface area (Å²) in [6.45, 7) is 8.50. The third-order valence-electron chi connectivity index (χ3n) is 4.07. The Morgan fingerprint density at radius 2 is 2.05 bits per heavy atom. The van der Waals surface area contributed by atoms with Crippen molar-refractivity contribution in [1.29, 1.82) is 0 Å². The van der Waals surface area contributed by atoms with Gasteiger partial charge in [-0.2, -0.15) is 0 Å². The number of piperidine rings is 1. The number of nitro groups is 1. The lowest BCUT2D eigenvalue weighted by Crippen LogP contribution is -2.35. The Labute approximate surface area is 126 Å². The van der Waals surface area contributed by atoms with Gasteiger partial charge in [-0.25, -0.2) is 0 Å². The number of hydrogen-bond acceptors (Lipinski definition) is 4. The summed E-state index contributed by atoms with van der Waals surface area (Å²) in [7, 11) is 0. The molecule has 0 radical (unpaired) electrons. The molecule has 1 aliphatic rings. The quantitative estimate of drug-likeness (QED) is 0.644. The first kappa shape index (κ1) is 15.8. The molecule has 21 heavy (non-hydrogen) atoms. The van der Waals surface area contributed by atoms with Crippen molar-refractivity contribution in [3.05, 3.63) is 33.9 Å². The number of hydrogen-bond donors (Lipinski definition) is 1. The van der Waals surface area contributed by atoms with E-state index < -0.39 is 0 Å². The van der Waals surface area contributed by atoms with Crippen LogP contribution in [0.1, 0.15) is 31.7 Å². The van der Waals surface area contributed by atoms with Crippen LogP contribution in [-0.2, 0) is 0 Å². The number of nitrogens with zero attached hydrogens (tertiary/aromatic N) is 2. The Morgan fingerprint density at radius 1 is 1.33 bits per heavy atom. The SMILES string of the molecule is Cc1cc(NCC(C)CN2CCCCC2)ccc1[N+](=O)[O-]. The Bertz CT molecular complexity index is 484. The molecule has 5 nitrogen and oxygen atoms in total. The lowest BCUT2D eigenvalue weighted by molar-refractivity contribution is -0.385. The molecular weight excluding hydrogens is 266 g/mol. The molecule has 1 heterocycles. The first-order valence-corrected chi connectivity index (χ1v) is 7.77. The molecular formula is C16H25N3O2. The molecule has 1 saturated heterocycles. The Morgan fingerprint density at radius 3 is 2.67 bits per heavy atom. The molecule has 0 aliphatic carbocycles. The van der Waals surface area contributed by atoms with Crippen LogP contribution in [0.15, 0.2) is 18.2 Å². The average Bonchev–Trinajstić information content (AvgIpc) is 2.46. The van der Waals surface area contributed by atoms with Crippen LogP contribution in [0.2, 0.25) is 0 Å². The van der Waals surface area contributed by atoms with E-state index in [-0.39, 0.29) is 10.6 Å². The lowest BCUT2D eigenvalue weighted by atomic mass is 10.1. The zero-order chi connectivity index (χ0) is 15.2. The first-order valence-electron chi connectivity index (χ1n) is 7.77. The molecule has 1 unspecified atom stereocenters. The van der Waals surface area contributed by atoms with Crippen LogP contribution in [-0.4, -0.2) is 36.0 Å². The molecule has 1 N–H and O–H groups in total. The van der Waals surface area contributed by atoms with E-state index in [0.29, 0.717) is 11.5 Å². The van der Waals surface area contributed by atoms with Gasteiger partial charge in [-0.1, -0.05) is 13.3 Å². The smallest absolute Gasteiger partial charge is 0.272 e. The fraction of sp³-hybridized carbons (Fsp3) is 0.625. The van der Waals surface area contributed by atoms with E-state index in [1.165, 1.54) is 32.4 Å². The maximum Gasteiger partial charge on any atom is 0.272 e. The van der Waals surface area contributed by atoms with Crippen molar-refractivity contribution in [2.45, 2.75) is 33.1 Å². The van der Waals surface area contributed by atoms with Gasteiger partial charge in [0.2, 0.25) is 0 Å². The van der Waals surface area contributed by atoms with Crippen molar-refractivity contribution in [3.8, 4) is 0 Å². The molecule has 1 aliphatic heterocycles. The van der Waals surface area contributed by atoms with Crippen LogP contribution in [0.5, 0.6) is 0 Å². The Hall–Kier alpha value is -1.62. The largest absolute Gasteiger partial charge is 0.385 e. The normalized spacial score (nSPS) is 17.4. The fourth-order valence-corrected chi connectivity index (χ4v) is 2.91. The number of rotatable bonds is 6. The summed E-state index contributed by atoms with van der Waals surface area (Å²) in [6, 6.07) is 5.22. The van der Waals surface area contributed by atoms with E-state index in [2.05, 4.69) is 17.1 Å². The molecule has 1 aromatic carbocycles. The number of anilines is 1. The van der Waals surface area contributed by atoms with Crippen LogP contribution >= 0.6 is 0 Å². The molecule has 116 valence electrons. The average molecular weight is 291 g/mol. The minimum absolute atomic E-state index is 0.182. The number of aryl methyl sites for hydroxylation is 1. The van der Waals surface area contributed by atoms with Gasteiger partial charge in [0.05, 0.1) is 4.92 Å². The predicted molar refractivity (Wildman–Crippen MR) is 85.8 cm³/mol. The second-order valence-electron chi connectivity index (χ2n) is 6.11. The zero-order valence-corrected chi connectivity index (χ0v) is 13.0. The summed E-state index contributed by atoms with van der Waals surface area (Å²) in [6.07, 6.45) is 4.01. The van der Waals surface area contributed by atoms with Crippen LogP contribution in [0.25, 0.3) is 0 Å². The molecule has 0 saturated carbocycles. The highest BCUT2D eigenvalue weighted by molar-refractivity contribution is 5.53. The van der Waals surface area contributed by atoms with Crippen LogP contribution < -0.4 is 5.32 Å². The highest BCUT2D eigenvalue weighted by Crippen LogP contribution is 2.21. The highest BCUT2D eigenvalue weighted by Gasteiger charge is 2.14. The Kier molecular flexibility index (Phi) is 5.56. The molecule has 0 aromatic heterocycles. The third kappa shape index (κ3) is 4.70. The van der Waals surface area contributed by atoms with Crippen molar-refractivity contribution >= 4 is 11.4 Å². The maximum absolute atomic E-state index is 10.8. The van der Waals surface area contributed by atoms with Gasteiger partial charge in [-0.15, -0.1) is 0 Å². The second kappa shape index (κ2) is 7.41. The van der Waals surface area contributed by atoms with Gasteiger partial charge in [-0.3, -0.25) is 10.1 Å². The lowest BCUT2D eigenvalue weighted by Gasteiger charge is -2.29. The number of nitro benzene ring substituents is 1. The van der Waals surface area contributed by atoms with Gasteiger partial charge in [0, 0.05) is 30.4 Å². The second-order valence-corrected chi connectivity index (χ2v) is 6.11. The van der Waals surface area contributed by atoms with E-state index in [1.807, 2.05) is 6.07 Å². The van der Waals surface area contributed by atoms with Gasteiger partial charge < -0.3 is 10.2 Å². The molecule has 5 heteroatoms. The topological polar surface area (TPSA) is 58.4 Å². The summed E-state index contributed by atoms with van der Waals surface area (Å²) in [5.74, 6) is 0.568. The summed E-state index contributed by atoms with van der Waals surface area (Å²) in [5.41, 5.74) is 1.85. The van der Waals surface area contributed by atoms with Gasteiger partial charge in [-0.05, 0) is 50.9 Å². The van der Waals surface area contributed by atoms with Crippen molar-refractivity contribution in [1.82, 2.24) is 4.90 Å². The molecule has 1 atom stereocenters. The first-order chi connectivity index (χ1) is 10.1. The third-order valence-corrected chi connectivity index (χ3v) is 4.07. The van der Waals surface area contributed by atoms with Gasteiger partial charge in [0.15, 0.2) is 0 Å². The van der Waals surface area contributed by atoms with Crippen molar-refractivity contribution in [2.75, 3.05) is 31.5 Å². The summed E-state index contributed by atoms with van der Waals surface area (Å²) in [4.78, 5) is 13.0. The van der Waals surface area contributed by atoms with Crippen LogP contribution in [0.4, 0.5) is 11.4 Å². The molecule has 0 bridgehead atoms. The molecule has 0 spiro atoms. The van der Waals surface area contributed by atoms with Crippen LogP contribution in [0, 0.1) is 23.0 Å². The number of benzene rings is 1. The summed E-state index contributed by atoms with van der Waals surface area (Å²) in [5, 5.41) is 14.2. The number of nitrogens with one attached hydrogen (secondary N) is 1. The van der Waals surface area contributed by atoms with Gasteiger partial charge in [0.1, 0.15) is 0 Å². The molecule has 2 rings (SSSR count). The van der Waals surface area contributed by atoms with Crippen LogP contribution in [0.3, 0.4) is 0 Å². The van der Waals surface area contributed by atoms with Gasteiger partial charge in [0.25, 0.3) is 5.69 Å². The zero-order valence-electron chi connectivity index (χ0n) is 13.0. The monoisotopic (exact) mass is 291 g/mol.